The Morgan fingerprint density at radius 3 is 1.00 bits per heavy atom. The molecule has 0 aliphatic heterocycles. The van der Waals surface area contributed by atoms with Crippen LogP contribution in [-0.4, -0.2) is 24.7 Å². The summed E-state index contributed by atoms with van der Waals surface area (Å²) in [6.45, 7) is 0. The second-order valence-corrected chi connectivity index (χ2v) is 0.289. The third-order valence-electron chi connectivity index (χ3n) is 0. The van der Waals surface area contributed by atoms with Gasteiger partial charge in [-0.1, -0.05) is 0 Å². The Labute approximate surface area is 66.8 Å². The van der Waals surface area contributed by atoms with E-state index in [1.54, 1.807) is 0 Å². The molecule has 3 nitrogen and oxygen atoms in total. The molecule has 0 aliphatic rings. The molecule has 0 amide bonds. The van der Waals surface area contributed by atoms with Gasteiger partial charge in [0.2, 0.25) is 0 Å². The van der Waals surface area contributed by atoms with Crippen LogP contribution in [-0.2, 0) is 27.3 Å². The molecular formula is AlBCdO3+2. The fourth-order valence-corrected chi connectivity index (χ4v) is 0. The first-order valence-electron chi connectivity index (χ1n) is 0.707. The molecule has 0 aromatic carbocycles. The van der Waals surface area contributed by atoms with Crippen LogP contribution < -0.4 is 15.1 Å². The molecule has 0 bridgehead atoms. The van der Waals surface area contributed by atoms with Crippen molar-refractivity contribution in [1.29, 1.82) is 0 Å². The van der Waals surface area contributed by atoms with Crippen LogP contribution in [0.4, 0.5) is 0 Å². The van der Waals surface area contributed by atoms with Crippen LogP contribution in [0.15, 0.2) is 0 Å². The predicted molar refractivity (Wildman–Crippen MR) is 11.5 cm³/mol. The molecule has 0 unspecified atom stereocenters. The first kappa shape index (κ1) is 15.7. The van der Waals surface area contributed by atoms with Gasteiger partial charge in [-0.25, -0.2) is 0 Å². The predicted octanol–water partition coefficient (Wildman–Crippen LogP) is -4.33. The molecule has 0 spiro atoms. The van der Waals surface area contributed by atoms with Gasteiger partial charge in [-0.15, -0.1) is 0 Å². The molecule has 0 aromatic heterocycles. The molecule has 0 aliphatic carbocycles. The Hall–Kier alpha value is 1.40. The fraction of sp³-hybridized carbons (Fsp3) is 0. The van der Waals surface area contributed by atoms with E-state index in [0.717, 1.165) is 0 Å². The summed E-state index contributed by atoms with van der Waals surface area (Å²) >= 11 is 0. The van der Waals surface area contributed by atoms with Crippen molar-refractivity contribution in [3.63, 3.8) is 0 Å². The van der Waals surface area contributed by atoms with Crippen molar-refractivity contribution in [1.82, 2.24) is 0 Å². The van der Waals surface area contributed by atoms with Gasteiger partial charge in [0.25, 0.3) is 0 Å². The van der Waals surface area contributed by atoms with E-state index in [0.29, 0.717) is 0 Å². The molecule has 0 rings (SSSR count). The molecule has 24 valence electrons. The van der Waals surface area contributed by atoms with E-state index in [-0.39, 0.29) is 44.7 Å². The third-order valence-corrected chi connectivity index (χ3v) is 0. The van der Waals surface area contributed by atoms with Gasteiger partial charge in [0, 0.05) is 0 Å². The maximum absolute atomic E-state index is 8.42. The van der Waals surface area contributed by atoms with Crippen LogP contribution in [0.25, 0.3) is 0 Å². The van der Waals surface area contributed by atoms with Crippen LogP contribution in [0.2, 0.25) is 0 Å². The summed E-state index contributed by atoms with van der Waals surface area (Å²) in [4.78, 5) is 0. The molecule has 0 heterocycles. The average Bonchev–Trinajstić information content (AvgIpc) is 0.811. The summed E-state index contributed by atoms with van der Waals surface area (Å²) in [6.07, 6.45) is 0. The summed E-state index contributed by atoms with van der Waals surface area (Å²) in [5.74, 6) is 0. The van der Waals surface area contributed by atoms with Crippen LogP contribution in [0.3, 0.4) is 0 Å². The van der Waals surface area contributed by atoms with Crippen LogP contribution in [0, 0.1) is 0 Å². The summed E-state index contributed by atoms with van der Waals surface area (Å²) < 4.78 is 0. The summed E-state index contributed by atoms with van der Waals surface area (Å²) in [5.41, 5.74) is 0. The van der Waals surface area contributed by atoms with Crippen molar-refractivity contribution in [2.45, 2.75) is 0 Å². The minimum atomic E-state index is -2.92. The second kappa shape index (κ2) is 9.64. The quantitative estimate of drug-likeness (QED) is 0.369. The van der Waals surface area contributed by atoms with Gasteiger partial charge < -0.3 is 15.1 Å². The summed E-state index contributed by atoms with van der Waals surface area (Å²) in [7, 11) is -2.92. The zero-order valence-corrected chi connectivity index (χ0v) is 8.28. The van der Waals surface area contributed by atoms with Crippen LogP contribution in [0.5, 0.6) is 0 Å². The molecule has 0 radical (unpaired) electrons. The monoisotopic (exact) mass is 200 g/mol. The molecule has 0 N–H and O–H groups in total. The Bertz CT molecular complexity index is 15.5. The Kier molecular flexibility index (Phi) is 25.2. The van der Waals surface area contributed by atoms with Crippen LogP contribution >= 0.6 is 0 Å². The number of rotatable bonds is 0. The van der Waals surface area contributed by atoms with Crippen molar-refractivity contribution in [2.24, 2.45) is 0 Å². The van der Waals surface area contributed by atoms with E-state index in [2.05, 4.69) is 0 Å². The number of hydrogen-bond acceptors (Lipinski definition) is 3. The second-order valence-electron chi connectivity index (χ2n) is 0.289. The first-order valence-corrected chi connectivity index (χ1v) is 0.707. The molecule has 0 atom stereocenters. The van der Waals surface area contributed by atoms with Crippen molar-refractivity contribution < 1.29 is 42.4 Å². The fourth-order valence-electron chi connectivity index (χ4n) is 0. The Balaban J connectivity index is -0.0000000450. The Morgan fingerprint density at radius 1 is 1.00 bits per heavy atom. The molecule has 6 heavy (non-hydrogen) atoms. The van der Waals surface area contributed by atoms with E-state index in [9.17, 15) is 0 Å². The average molecular weight is 198 g/mol. The molecule has 6 heteroatoms. The van der Waals surface area contributed by atoms with Crippen molar-refractivity contribution in [3.8, 4) is 0 Å². The largest absolute Gasteiger partial charge is 3.00 e. The SMILES string of the molecule is [Al+3].[Cd+2].[O-]B([O-])[O-]. The smallest absolute Gasteiger partial charge is 0.907 e. The minimum absolute atomic E-state index is 0. The van der Waals surface area contributed by atoms with Gasteiger partial charge in [-0.2, -0.15) is 0 Å². The Morgan fingerprint density at radius 2 is 1.00 bits per heavy atom. The maximum atomic E-state index is 8.42. The van der Waals surface area contributed by atoms with E-state index in [1.807, 2.05) is 0 Å². The van der Waals surface area contributed by atoms with Gasteiger partial charge in [0.15, 0.2) is 0 Å². The zero-order valence-electron chi connectivity index (χ0n) is 3.09. The summed E-state index contributed by atoms with van der Waals surface area (Å²) in [5, 5.41) is 25.2. The molecule has 0 fully saturated rings. The maximum Gasteiger partial charge on any atom is 3.00 e. The molecular weight excluding hydrogens is 198 g/mol. The van der Waals surface area contributed by atoms with Gasteiger partial charge in [-0.05, 0) is 0 Å². The molecule has 0 saturated carbocycles. The van der Waals surface area contributed by atoms with Gasteiger partial charge >= 0.3 is 44.7 Å². The first-order chi connectivity index (χ1) is 1.73. The van der Waals surface area contributed by atoms with E-state index >= 15 is 0 Å². The van der Waals surface area contributed by atoms with Crippen molar-refractivity contribution in [3.05, 3.63) is 0 Å². The van der Waals surface area contributed by atoms with Crippen LogP contribution in [0.1, 0.15) is 0 Å². The van der Waals surface area contributed by atoms with Gasteiger partial charge in [0.05, 0.1) is 0 Å². The van der Waals surface area contributed by atoms with E-state index < -0.39 is 7.32 Å². The molecule has 0 saturated heterocycles. The number of hydrogen-bond donors (Lipinski definition) is 0. The van der Waals surface area contributed by atoms with Gasteiger partial charge in [-0.3, -0.25) is 7.32 Å². The van der Waals surface area contributed by atoms with Crippen molar-refractivity contribution in [2.75, 3.05) is 0 Å². The van der Waals surface area contributed by atoms with Crippen molar-refractivity contribution >= 4 is 24.7 Å². The standard InChI is InChI=1S/Al.BO3.Cd/c;2-1(3)4;/q+3;-3;+2. The normalized spacial score (nSPS) is 4.50. The van der Waals surface area contributed by atoms with E-state index in [1.165, 1.54) is 0 Å². The third kappa shape index (κ3) is 53.4. The summed E-state index contributed by atoms with van der Waals surface area (Å²) in [6, 6.07) is 0. The van der Waals surface area contributed by atoms with Gasteiger partial charge in [0.1, 0.15) is 0 Å². The minimum Gasteiger partial charge on any atom is -0.907 e. The topological polar surface area (TPSA) is 69.2 Å². The zero-order chi connectivity index (χ0) is 3.58. The van der Waals surface area contributed by atoms with E-state index in [4.69, 9.17) is 15.1 Å². The molecule has 0 aromatic rings.